The van der Waals surface area contributed by atoms with Gasteiger partial charge in [-0.15, -0.1) is 0 Å². The zero-order chi connectivity index (χ0) is 15.9. The van der Waals surface area contributed by atoms with Gasteiger partial charge in [0, 0.05) is 47.5 Å². The fraction of sp³-hybridized carbons (Fsp3) is 0.263. The molecule has 1 unspecified atom stereocenters. The molecule has 4 heteroatoms. The van der Waals surface area contributed by atoms with E-state index in [1.165, 1.54) is 35.2 Å². The van der Waals surface area contributed by atoms with Crippen LogP contribution in [0.4, 0.5) is 0 Å². The summed E-state index contributed by atoms with van der Waals surface area (Å²) in [7, 11) is -0.603. The maximum Gasteiger partial charge on any atom is 0.0351 e. The third-order valence-corrected chi connectivity index (χ3v) is 6.51. The monoisotopic (exact) mass is 323 g/mol. The normalized spacial score (nSPS) is 17.0. The molecule has 3 rings (SSSR count). The molecule has 23 heavy (non-hydrogen) atoms. The topological polar surface area (TPSA) is 37.8 Å². The highest BCUT2D eigenvalue weighted by Crippen LogP contribution is 2.48. The Labute approximate surface area is 139 Å². The van der Waals surface area contributed by atoms with Gasteiger partial charge in [-0.05, 0) is 38.0 Å². The van der Waals surface area contributed by atoms with Crippen LogP contribution in [0.2, 0.25) is 0 Å². The predicted molar refractivity (Wildman–Crippen MR) is 98.0 cm³/mol. The summed E-state index contributed by atoms with van der Waals surface area (Å²) in [6.45, 7) is 2.25. The van der Waals surface area contributed by atoms with Crippen molar-refractivity contribution in [2.24, 2.45) is 5.92 Å². The summed E-state index contributed by atoms with van der Waals surface area (Å²) in [5.74, 6) is 0.489. The number of nitrogens with one attached hydrogen (secondary N) is 1. The van der Waals surface area contributed by atoms with Gasteiger partial charge in [-0.1, -0.05) is 38.0 Å². The summed E-state index contributed by atoms with van der Waals surface area (Å²) in [6, 6.07) is 8.41. The lowest BCUT2D eigenvalue weighted by molar-refractivity contribution is 0.626. The minimum absolute atomic E-state index is 0.489. The molecule has 0 aromatic carbocycles. The lowest BCUT2D eigenvalue weighted by Crippen LogP contribution is -2.20. The summed E-state index contributed by atoms with van der Waals surface area (Å²) in [5, 5.41) is 7.31. The van der Waals surface area contributed by atoms with Crippen LogP contribution in [0.1, 0.15) is 26.2 Å². The zero-order valence-electron chi connectivity index (χ0n) is 13.4. The van der Waals surface area contributed by atoms with Crippen LogP contribution < -0.4 is 15.9 Å². The van der Waals surface area contributed by atoms with Crippen LogP contribution in [0.25, 0.3) is 0 Å². The summed E-state index contributed by atoms with van der Waals surface area (Å²) in [5.41, 5.74) is 0. The van der Waals surface area contributed by atoms with E-state index in [-0.39, 0.29) is 0 Å². The number of hydrogen-bond donors (Lipinski definition) is 1. The van der Waals surface area contributed by atoms with Gasteiger partial charge in [-0.25, -0.2) is 0 Å². The molecular formula is C19H22N3P. The number of rotatable bonds is 6. The average Bonchev–Trinajstić information content (AvgIpc) is 2.63. The molecule has 1 N–H and O–H groups in total. The Morgan fingerprint density at radius 1 is 1.09 bits per heavy atom. The van der Waals surface area contributed by atoms with E-state index in [2.05, 4.69) is 52.8 Å². The third-order valence-electron chi connectivity index (χ3n) is 3.97. The van der Waals surface area contributed by atoms with Crippen molar-refractivity contribution < 1.29 is 0 Å². The Kier molecular flexibility index (Phi) is 5.55. The van der Waals surface area contributed by atoms with E-state index < -0.39 is 7.92 Å². The number of unbranched alkanes of at least 4 members (excludes halogenated alkanes) is 1. The van der Waals surface area contributed by atoms with E-state index in [1.54, 1.807) is 0 Å². The molecule has 0 radical (unpaired) electrons. The Balaban J connectivity index is 1.99. The van der Waals surface area contributed by atoms with Gasteiger partial charge in [0.25, 0.3) is 0 Å². The highest BCUT2D eigenvalue weighted by molar-refractivity contribution is 7.76. The first-order valence-corrected chi connectivity index (χ1v) is 9.47. The molecule has 0 saturated carbocycles. The molecule has 3 heterocycles. The molecule has 2 aromatic rings. The van der Waals surface area contributed by atoms with Crippen LogP contribution >= 0.6 is 7.92 Å². The lowest BCUT2D eigenvalue weighted by Gasteiger charge is -2.28. The molecule has 0 aliphatic carbocycles. The number of allylic oxidation sites excluding steroid dienone is 2. The number of nitrogens with zero attached hydrogens (tertiary/aromatic N) is 2. The van der Waals surface area contributed by atoms with Crippen molar-refractivity contribution in [3.8, 4) is 0 Å². The molecule has 1 aliphatic rings. The molecular weight excluding hydrogens is 301 g/mol. The molecule has 118 valence electrons. The Hall–Kier alpha value is -1.99. The van der Waals surface area contributed by atoms with E-state index in [9.17, 15) is 0 Å². The smallest absolute Gasteiger partial charge is 0.0351 e. The van der Waals surface area contributed by atoms with Crippen molar-refractivity contribution >= 4 is 18.5 Å². The number of aromatic nitrogens is 2. The van der Waals surface area contributed by atoms with E-state index in [1.807, 2.05) is 36.9 Å². The highest BCUT2D eigenvalue weighted by Gasteiger charge is 2.25. The van der Waals surface area contributed by atoms with Crippen LogP contribution in [0, 0.1) is 5.92 Å². The van der Waals surface area contributed by atoms with E-state index in [0.29, 0.717) is 5.92 Å². The van der Waals surface area contributed by atoms with E-state index >= 15 is 0 Å². The average molecular weight is 323 g/mol. The summed E-state index contributed by atoms with van der Waals surface area (Å²) in [6.07, 6.45) is 17.9. The molecule has 0 spiro atoms. The Morgan fingerprint density at radius 2 is 1.78 bits per heavy atom. The molecule has 0 saturated heterocycles. The highest BCUT2D eigenvalue weighted by atomic mass is 31.1. The fourth-order valence-electron chi connectivity index (χ4n) is 2.83. The lowest BCUT2D eigenvalue weighted by atomic mass is 10.0. The quantitative estimate of drug-likeness (QED) is 0.824. The maximum atomic E-state index is 4.34. The van der Waals surface area contributed by atoms with Crippen molar-refractivity contribution in [1.29, 1.82) is 0 Å². The first-order valence-electron chi connectivity index (χ1n) is 8.13. The second kappa shape index (κ2) is 8.03. The Morgan fingerprint density at radius 3 is 2.35 bits per heavy atom. The largest absolute Gasteiger partial charge is 0.368 e. The van der Waals surface area contributed by atoms with Crippen molar-refractivity contribution in [3.63, 3.8) is 0 Å². The Bertz CT molecular complexity index is 628. The summed E-state index contributed by atoms with van der Waals surface area (Å²) >= 11 is 0. The van der Waals surface area contributed by atoms with Crippen LogP contribution in [-0.4, -0.2) is 9.97 Å². The molecule has 1 atom stereocenters. The van der Waals surface area contributed by atoms with E-state index in [0.717, 1.165) is 0 Å². The first-order chi connectivity index (χ1) is 11.4. The van der Waals surface area contributed by atoms with Gasteiger partial charge in [-0.3, -0.25) is 9.97 Å². The fourth-order valence-corrected chi connectivity index (χ4v) is 5.31. The van der Waals surface area contributed by atoms with Gasteiger partial charge in [0.15, 0.2) is 0 Å². The number of hydrogen-bond acceptors (Lipinski definition) is 3. The van der Waals surface area contributed by atoms with Crippen LogP contribution in [0.5, 0.6) is 0 Å². The van der Waals surface area contributed by atoms with Gasteiger partial charge in [-0.2, -0.15) is 0 Å². The van der Waals surface area contributed by atoms with Crippen LogP contribution in [-0.2, 0) is 0 Å². The predicted octanol–water partition coefficient (Wildman–Crippen LogP) is 3.67. The molecule has 2 aromatic heterocycles. The first kappa shape index (κ1) is 15.9. The standard InChI is InChI=1S/C19H22N3P/c1-2-3-6-16-9-12-22-15-19(16)23(17-7-4-10-20-13-17)18-8-5-11-21-14-18/h4-5,7-16,22H,2-3,6H2,1H3. The van der Waals surface area contributed by atoms with Crippen LogP contribution in [0.15, 0.2) is 72.8 Å². The van der Waals surface area contributed by atoms with Crippen molar-refractivity contribution in [1.82, 2.24) is 15.3 Å². The van der Waals surface area contributed by atoms with Crippen molar-refractivity contribution in [2.75, 3.05) is 0 Å². The SMILES string of the molecule is CCCCC1C=CNC=C1P(c1cccnc1)c1cccnc1. The van der Waals surface area contributed by atoms with Gasteiger partial charge < -0.3 is 5.32 Å². The third kappa shape index (κ3) is 3.86. The molecule has 1 aliphatic heterocycles. The maximum absolute atomic E-state index is 4.34. The molecule has 0 bridgehead atoms. The zero-order valence-corrected chi connectivity index (χ0v) is 14.3. The molecule has 0 fully saturated rings. The summed E-state index contributed by atoms with van der Waals surface area (Å²) in [4.78, 5) is 8.69. The van der Waals surface area contributed by atoms with Gasteiger partial charge in [0.05, 0.1) is 0 Å². The minimum Gasteiger partial charge on any atom is -0.368 e. The van der Waals surface area contributed by atoms with Crippen LogP contribution in [0.3, 0.4) is 0 Å². The molecule has 3 nitrogen and oxygen atoms in total. The van der Waals surface area contributed by atoms with Gasteiger partial charge >= 0.3 is 0 Å². The number of dihydropyridines is 1. The van der Waals surface area contributed by atoms with Crippen molar-refractivity contribution in [3.05, 3.63) is 72.8 Å². The van der Waals surface area contributed by atoms with Gasteiger partial charge in [0.2, 0.25) is 0 Å². The number of pyridine rings is 2. The molecule has 0 amide bonds. The van der Waals surface area contributed by atoms with E-state index in [4.69, 9.17) is 0 Å². The minimum atomic E-state index is -0.603. The van der Waals surface area contributed by atoms with Crippen molar-refractivity contribution in [2.45, 2.75) is 26.2 Å². The summed E-state index contributed by atoms with van der Waals surface area (Å²) < 4.78 is 0. The second-order valence-electron chi connectivity index (χ2n) is 5.60. The second-order valence-corrected chi connectivity index (χ2v) is 7.82. The van der Waals surface area contributed by atoms with Gasteiger partial charge in [0.1, 0.15) is 0 Å².